The van der Waals surface area contributed by atoms with Crippen molar-refractivity contribution in [3.05, 3.63) is 36.4 Å². The zero-order chi connectivity index (χ0) is 14.4. The third-order valence-electron chi connectivity index (χ3n) is 4.20. The number of hydrogen-bond donors (Lipinski definition) is 0. The largest absolute Gasteiger partial charge is 0.457 e. The molecular formula is C17H22O3. The molecule has 0 atom stereocenters. The Morgan fingerprint density at radius 1 is 1.30 bits per heavy atom. The van der Waals surface area contributed by atoms with Crippen molar-refractivity contribution in [3.63, 3.8) is 0 Å². The second kappa shape index (κ2) is 6.60. The zero-order valence-electron chi connectivity index (χ0n) is 12.1. The van der Waals surface area contributed by atoms with Gasteiger partial charge in [0.15, 0.2) is 0 Å². The normalized spacial score (nSPS) is 16.6. The number of hydrogen-bond acceptors (Lipinski definition) is 3. The van der Waals surface area contributed by atoms with Crippen molar-refractivity contribution in [2.75, 3.05) is 6.79 Å². The molecule has 1 saturated carbocycles. The van der Waals surface area contributed by atoms with Gasteiger partial charge in [-0.3, -0.25) is 4.79 Å². The summed E-state index contributed by atoms with van der Waals surface area (Å²) < 4.78 is 10.7. The van der Waals surface area contributed by atoms with Crippen molar-refractivity contribution in [2.45, 2.75) is 39.0 Å². The Hall–Kier alpha value is -1.77. The minimum atomic E-state index is -0.268. The van der Waals surface area contributed by atoms with Gasteiger partial charge in [-0.05, 0) is 37.0 Å². The molecule has 1 aromatic rings. The molecule has 1 aliphatic rings. The molecule has 0 unspecified atom stereocenters. The maximum Gasteiger partial charge on any atom is 0.314 e. The predicted molar refractivity (Wildman–Crippen MR) is 79.3 cm³/mol. The highest BCUT2D eigenvalue weighted by atomic mass is 16.7. The molecule has 0 saturated heterocycles. The predicted octanol–water partition coefficient (Wildman–Crippen LogP) is 4.18. The average Bonchev–Trinajstić information content (AvgIpc) is 2.98. The fourth-order valence-corrected chi connectivity index (χ4v) is 2.76. The van der Waals surface area contributed by atoms with Crippen LogP contribution >= 0.6 is 0 Å². The maximum atomic E-state index is 12.2. The minimum absolute atomic E-state index is 0.0198. The minimum Gasteiger partial charge on any atom is -0.457 e. The van der Waals surface area contributed by atoms with Crippen LogP contribution in [0.25, 0.3) is 6.08 Å². The van der Waals surface area contributed by atoms with E-state index in [1.807, 2.05) is 24.3 Å². The van der Waals surface area contributed by atoms with Crippen molar-refractivity contribution >= 4 is 12.0 Å². The number of benzene rings is 1. The average molecular weight is 274 g/mol. The Morgan fingerprint density at radius 3 is 2.50 bits per heavy atom. The number of rotatable bonds is 6. The van der Waals surface area contributed by atoms with Gasteiger partial charge in [0.05, 0.1) is 5.41 Å². The topological polar surface area (TPSA) is 35.5 Å². The molecule has 0 N–H and O–H groups in total. The van der Waals surface area contributed by atoms with E-state index in [1.165, 1.54) is 0 Å². The molecule has 3 nitrogen and oxygen atoms in total. The van der Waals surface area contributed by atoms with E-state index in [1.54, 1.807) is 6.08 Å². The van der Waals surface area contributed by atoms with Crippen molar-refractivity contribution in [1.29, 1.82) is 0 Å². The van der Waals surface area contributed by atoms with Crippen LogP contribution in [-0.2, 0) is 9.53 Å². The van der Waals surface area contributed by atoms with E-state index in [0.29, 0.717) is 5.75 Å². The molecule has 0 spiro atoms. The second-order valence-electron chi connectivity index (χ2n) is 5.31. The standard InChI is InChI=1S/C17H22O3/c1-3-14-7-9-15(10-8-14)19-13-20-16(18)17(4-2)11-5-6-12-17/h3,7-10H,1,4-6,11-13H2,2H3. The monoisotopic (exact) mass is 274 g/mol. The van der Waals surface area contributed by atoms with Gasteiger partial charge in [0, 0.05) is 0 Å². The van der Waals surface area contributed by atoms with Gasteiger partial charge in [0.1, 0.15) is 5.75 Å². The zero-order valence-corrected chi connectivity index (χ0v) is 12.1. The number of carbonyl (C=O) groups is 1. The summed E-state index contributed by atoms with van der Waals surface area (Å²) in [5, 5.41) is 0. The number of esters is 1. The van der Waals surface area contributed by atoms with E-state index in [4.69, 9.17) is 9.47 Å². The molecule has 108 valence electrons. The van der Waals surface area contributed by atoms with Crippen LogP contribution in [0.1, 0.15) is 44.6 Å². The molecule has 0 radical (unpaired) electrons. The first-order valence-electron chi connectivity index (χ1n) is 7.23. The Morgan fingerprint density at radius 2 is 1.95 bits per heavy atom. The van der Waals surface area contributed by atoms with Crippen molar-refractivity contribution in [2.24, 2.45) is 5.41 Å². The molecular weight excluding hydrogens is 252 g/mol. The summed E-state index contributed by atoms with van der Waals surface area (Å²) >= 11 is 0. The molecule has 0 heterocycles. The lowest BCUT2D eigenvalue weighted by atomic mass is 9.84. The van der Waals surface area contributed by atoms with Gasteiger partial charge >= 0.3 is 5.97 Å². The molecule has 3 heteroatoms. The first-order chi connectivity index (χ1) is 9.70. The molecule has 1 aliphatic carbocycles. The van der Waals surface area contributed by atoms with Crippen LogP contribution in [0.4, 0.5) is 0 Å². The summed E-state index contributed by atoms with van der Waals surface area (Å²) in [6.07, 6.45) is 6.74. The molecule has 0 aromatic heterocycles. The van der Waals surface area contributed by atoms with Crippen molar-refractivity contribution in [3.8, 4) is 5.75 Å². The summed E-state index contributed by atoms with van der Waals surface area (Å²) in [5.41, 5.74) is 0.765. The molecule has 1 fully saturated rings. The first-order valence-corrected chi connectivity index (χ1v) is 7.23. The lowest BCUT2D eigenvalue weighted by Crippen LogP contribution is -2.30. The lowest BCUT2D eigenvalue weighted by molar-refractivity contribution is -0.162. The molecule has 0 amide bonds. The molecule has 20 heavy (non-hydrogen) atoms. The summed E-state index contributed by atoms with van der Waals surface area (Å²) in [4.78, 5) is 12.2. The van der Waals surface area contributed by atoms with Gasteiger partial charge in [-0.1, -0.05) is 44.6 Å². The summed E-state index contributed by atoms with van der Waals surface area (Å²) in [6, 6.07) is 7.51. The van der Waals surface area contributed by atoms with Gasteiger partial charge in [-0.25, -0.2) is 0 Å². The smallest absolute Gasteiger partial charge is 0.314 e. The van der Waals surface area contributed by atoms with Gasteiger partial charge in [-0.2, -0.15) is 0 Å². The van der Waals surface area contributed by atoms with E-state index < -0.39 is 0 Å². The molecule has 0 bridgehead atoms. The fraction of sp³-hybridized carbons (Fsp3) is 0.471. The molecule has 1 aromatic carbocycles. The van der Waals surface area contributed by atoms with Crippen LogP contribution in [0.15, 0.2) is 30.8 Å². The summed E-state index contributed by atoms with van der Waals surface area (Å²) in [5.74, 6) is 0.584. The number of ether oxygens (including phenoxy) is 2. The Balaban J connectivity index is 1.82. The van der Waals surface area contributed by atoms with E-state index in [2.05, 4.69) is 13.5 Å². The van der Waals surface area contributed by atoms with Crippen molar-refractivity contribution < 1.29 is 14.3 Å². The Bertz CT molecular complexity index is 456. The summed E-state index contributed by atoms with van der Waals surface area (Å²) in [6.45, 7) is 5.73. The lowest BCUT2D eigenvalue weighted by Gasteiger charge is -2.24. The van der Waals surface area contributed by atoms with Gasteiger partial charge in [-0.15, -0.1) is 0 Å². The maximum absolute atomic E-state index is 12.2. The van der Waals surface area contributed by atoms with Crippen molar-refractivity contribution in [1.82, 2.24) is 0 Å². The quantitative estimate of drug-likeness (QED) is 0.576. The van der Waals surface area contributed by atoms with E-state index in [0.717, 1.165) is 37.7 Å². The van der Waals surface area contributed by atoms with Crippen LogP contribution in [0.2, 0.25) is 0 Å². The highest BCUT2D eigenvalue weighted by molar-refractivity contribution is 5.77. The first kappa shape index (κ1) is 14.6. The van der Waals surface area contributed by atoms with E-state index in [-0.39, 0.29) is 18.2 Å². The highest BCUT2D eigenvalue weighted by Crippen LogP contribution is 2.41. The van der Waals surface area contributed by atoms with Crippen LogP contribution < -0.4 is 4.74 Å². The summed E-state index contributed by atoms with van der Waals surface area (Å²) in [7, 11) is 0. The molecule has 2 rings (SSSR count). The van der Waals surface area contributed by atoms with Gasteiger partial charge in [0.25, 0.3) is 0 Å². The third kappa shape index (κ3) is 3.21. The van der Waals surface area contributed by atoms with Gasteiger partial charge < -0.3 is 9.47 Å². The fourth-order valence-electron chi connectivity index (χ4n) is 2.76. The number of carbonyl (C=O) groups excluding carboxylic acids is 1. The van der Waals surface area contributed by atoms with E-state index >= 15 is 0 Å². The third-order valence-corrected chi connectivity index (χ3v) is 4.20. The SMILES string of the molecule is C=Cc1ccc(OCOC(=O)C2(CC)CCCC2)cc1. The van der Waals surface area contributed by atoms with Crippen LogP contribution in [-0.4, -0.2) is 12.8 Å². The van der Waals surface area contributed by atoms with E-state index in [9.17, 15) is 4.79 Å². The van der Waals surface area contributed by atoms with Gasteiger partial charge in [0.2, 0.25) is 6.79 Å². The van der Waals surface area contributed by atoms with Crippen LogP contribution in [0.5, 0.6) is 5.75 Å². The Kier molecular flexibility index (Phi) is 4.83. The molecule has 0 aliphatic heterocycles. The second-order valence-corrected chi connectivity index (χ2v) is 5.31. The highest BCUT2D eigenvalue weighted by Gasteiger charge is 2.40. The Labute approximate surface area is 120 Å². The van der Waals surface area contributed by atoms with Crippen LogP contribution in [0.3, 0.4) is 0 Å². The van der Waals surface area contributed by atoms with Crippen LogP contribution in [0, 0.1) is 5.41 Å².